The molecule has 8 nitrogen and oxygen atoms in total. The molecule has 0 bridgehead atoms. The van der Waals surface area contributed by atoms with Gasteiger partial charge in [-0.25, -0.2) is 9.98 Å². The van der Waals surface area contributed by atoms with Crippen molar-refractivity contribution < 1.29 is 14.6 Å². The molecule has 0 fully saturated rings. The zero-order valence-corrected chi connectivity index (χ0v) is 16.7. The number of phenols is 1. The number of rotatable bonds is 4. The van der Waals surface area contributed by atoms with Gasteiger partial charge in [0, 0.05) is 5.56 Å². The van der Waals surface area contributed by atoms with Gasteiger partial charge in [-0.2, -0.15) is 0 Å². The molecule has 1 aliphatic heterocycles. The highest BCUT2D eigenvalue weighted by molar-refractivity contribution is 6.30. The molecule has 3 aromatic rings. The molecule has 2 aromatic heterocycles. The van der Waals surface area contributed by atoms with E-state index in [0.29, 0.717) is 52.2 Å². The van der Waals surface area contributed by atoms with Crippen LogP contribution in [0.25, 0.3) is 22.5 Å². The van der Waals surface area contributed by atoms with Crippen molar-refractivity contribution in [1.82, 2.24) is 19.7 Å². The fourth-order valence-electron chi connectivity index (χ4n) is 3.02. The van der Waals surface area contributed by atoms with Gasteiger partial charge in [0.2, 0.25) is 11.5 Å². The first-order valence-corrected chi connectivity index (χ1v) is 9.14. The van der Waals surface area contributed by atoms with E-state index in [1.54, 1.807) is 35.8 Å². The van der Waals surface area contributed by atoms with Crippen molar-refractivity contribution in [2.45, 2.75) is 13.8 Å². The Morgan fingerprint density at radius 3 is 2.86 bits per heavy atom. The van der Waals surface area contributed by atoms with Crippen molar-refractivity contribution in [2.24, 2.45) is 4.99 Å². The Balaban J connectivity index is 2.11. The number of aromatic nitrogens is 4. The van der Waals surface area contributed by atoms with Gasteiger partial charge in [0.25, 0.3) is 0 Å². The summed E-state index contributed by atoms with van der Waals surface area (Å²) in [6, 6.07) is 4.97. The van der Waals surface area contributed by atoms with Gasteiger partial charge in [0.1, 0.15) is 22.7 Å². The highest BCUT2D eigenvalue weighted by atomic mass is 35.5. The van der Waals surface area contributed by atoms with Crippen LogP contribution in [0.5, 0.6) is 11.5 Å². The summed E-state index contributed by atoms with van der Waals surface area (Å²) < 4.78 is 12.6. The number of phenolic OH excluding ortho intramolecular Hbond substituents is 1. The van der Waals surface area contributed by atoms with E-state index in [0.717, 1.165) is 0 Å². The van der Waals surface area contributed by atoms with Crippen molar-refractivity contribution in [2.75, 3.05) is 13.7 Å². The van der Waals surface area contributed by atoms with E-state index in [2.05, 4.69) is 31.6 Å². The molecule has 0 radical (unpaired) electrons. The lowest BCUT2D eigenvalue weighted by atomic mass is 10.2. The number of hydrogen-bond acceptors (Lipinski definition) is 7. The highest BCUT2D eigenvalue weighted by Gasteiger charge is 2.25. The number of imidazole rings is 1. The maximum Gasteiger partial charge on any atom is 0.223 e. The molecule has 0 aliphatic carbocycles. The average Bonchev–Trinajstić information content (AvgIpc) is 3.11. The average molecular weight is 410 g/mol. The molecular formula is C20H16ClN5O3. The molecule has 0 amide bonds. The number of fused-ring (bicyclic) bond motifs is 1. The normalized spacial score (nSPS) is 12.8. The summed E-state index contributed by atoms with van der Waals surface area (Å²) in [7, 11) is 1.52. The van der Waals surface area contributed by atoms with Gasteiger partial charge in [-0.1, -0.05) is 23.4 Å². The second kappa shape index (κ2) is 7.45. The number of methoxy groups -OCH3 is 1. The van der Waals surface area contributed by atoms with Crippen LogP contribution < -0.4 is 4.74 Å². The Morgan fingerprint density at radius 2 is 2.10 bits per heavy atom. The summed E-state index contributed by atoms with van der Waals surface area (Å²) in [4.78, 5) is 9.03. The molecule has 29 heavy (non-hydrogen) atoms. The number of hydrogen-bond donors (Lipinski definition) is 1. The molecule has 4 rings (SSSR count). The molecule has 0 atom stereocenters. The van der Waals surface area contributed by atoms with E-state index in [-0.39, 0.29) is 10.9 Å². The number of halogens is 1. The van der Waals surface area contributed by atoms with Crippen molar-refractivity contribution in [3.8, 4) is 17.2 Å². The predicted octanol–water partition coefficient (Wildman–Crippen LogP) is 3.59. The van der Waals surface area contributed by atoms with Gasteiger partial charge < -0.3 is 14.6 Å². The number of nitrogens with zero attached hydrogens (tertiary/aromatic N) is 5. The number of para-hydroxylation sites is 1. The Bertz CT molecular complexity index is 1260. The third kappa shape index (κ3) is 3.15. The van der Waals surface area contributed by atoms with E-state index in [1.165, 1.54) is 7.11 Å². The Kier molecular flexibility index (Phi) is 4.82. The van der Waals surface area contributed by atoms with Crippen LogP contribution in [0.2, 0.25) is 5.15 Å². The monoisotopic (exact) mass is 409 g/mol. The second-order valence-corrected chi connectivity index (χ2v) is 6.39. The first-order valence-electron chi connectivity index (χ1n) is 8.76. The summed E-state index contributed by atoms with van der Waals surface area (Å²) in [5, 5.41) is 18.9. The quantitative estimate of drug-likeness (QED) is 0.661. The van der Waals surface area contributed by atoms with Crippen molar-refractivity contribution in [3.63, 3.8) is 0 Å². The van der Waals surface area contributed by atoms with Gasteiger partial charge in [0.05, 0.1) is 19.8 Å². The standard InChI is InChI=1S/C20H16ClN5O3/c1-4-29-15-10-5-7-12(22-15)20-23-19-16(11(2)18(21)24-25-19)26(20)17-13(27)8-6-9-14(17)28-3/h6,8-10,27H,4H2,1-3H3. The third-order valence-electron chi connectivity index (χ3n) is 4.29. The van der Waals surface area contributed by atoms with Crippen LogP contribution in [0, 0.1) is 6.92 Å². The first kappa shape index (κ1) is 18.8. The summed E-state index contributed by atoms with van der Waals surface area (Å²) in [6.45, 7) is 4.11. The topological polar surface area (TPSA) is 94.7 Å². The molecule has 9 heteroatoms. The molecule has 1 aromatic carbocycles. The number of aromatic hydroxyl groups is 1. The minimum atomic E-state index is -0.0119. The highest BCUT2D eigenvalue weighted by Crippen LogP contribution is 2.38. The molecule has 146 valence electrons. The maximum atomic E-state index is 10.7. The van der Waals surface area contributed by atoms with Gasteiger partial charge in [-0.15, -0.1) is 10.2 Å². The number of aryl methyl sites for hydroxylation is 1. The van der Waals surface area contributed by atoms with Crippen molar-refractivity contribution in [3.05, 3.63) is 52.3 Å². The van der Waals surface area contributed by atoms with Crippen LogP contribution in [0.15, 0.2) is 40.7 Å². The fourth-order valence-corrected chi connectivity index (χ4v) is 3.15. The minimum Gasteiger partial charge on any atom is -0.506 e. The van der Waals surface area contributed by atoms with Crippen LogP contribution in [-0.2, 0) is 4.74 Å². The molecule has 1 aliphatic rings. The zero-order valence-electron chi connectivity index (χ0n) is 15.9. The third-order valence-corrected chi connectivity index (χ3v) is 4.65. The molecule has 0 spiro atoms. The van der Waals surface area contributed by atoms with Crippen LogP contribution >= 0.6 is 11.6 Å². The molecule has 1 N–H and O–H groups in total. The smallest absolute Gasteiger partial charge is 0.223 e. The molecule has 3 heterocycles. The van der Waals surface area contributed by atoms with Crippen LogP contribution in [0.1, 0.15) is 18.3 Å². The van der Waals surface area contributed by atoms with Gasteiger partial charge >= 0.3 is 0 Å². The van der Waals surface area contributed by atoms with E-state index < -0.39 is 0 Å². The SMILES string of the molecule is CCOC1=NC(c2nc3nnc(Cl)c(C)c3n2-c2c(O)cccc2OC)=C=C=C1. The van der Waals surface area contributed by atoms with Crippen LogP contribution in [-0.4, -0.2) is 44.5 Å². The van der Waals surface area contributed by atoms with Gasteiger partial charge in [-0.05, 0) is 31.7 Å². The molecule has 0 saturated carbocycles. The zero-order chi connectivity index (χ0) is 20.5. The minimum absolute atomic E-state index is 0.0119. The lowest BCUT2D eigenvalue weighted by molar-refractivity contribution is 0.330. The second-order valence-electron chi connectivity index (χ2n) is 6.03. The summed E-state index contributed by atoms with van der Waals surface area (Å²) >= 11 is 6.22. The fraction of sp³-hybridized carbons (Fsp3) is 0.200. The van der Waals surface area contributed by atoms with E-state index in [4.69, 9.17) is 21.1 Å². The Labute approximate surface area is 171 Å². The lowest BCUT2D eigenvalue weighted by Gasteiger charge is -2.15. The van der Waals surface area contributed by atoms with Crippen molar-refractivity contribution in [1.29, 1.82) is 0 Å². The van der Waals surface area contributed by atoms with E-state index in [1.807, 2.05) is 6.92 Å². The molecular weight excluding hydrogens is 394 g/mol. The molecule has 0 saturated heterocycles. The largest absolute Gasteiger partial charge is 0.506 e. The Morgan fingerprint density at radius 1 is 1.28 bits per heavy atom. The number of aliphatic imine (C=N–C) groups is 1. The first-order chi connectivity index (χ1) is 14.0. The summed E-state index contributed by atoms with van der Waals surface area (Å²) in [5.74, 6) is 1.16. The van der Waals surface area contributed by atoms with Gasteiger partial charge in [-0.3, -0.25) is 4.57 Å². The summed E-state index contributed by atoms with van der Waals surface area (Å²) in [5.41, 5.74) is 8.10. The predicted molar refractivity (Wildman–Crippen MR) is 109 cm³/mol. The van der Waals surface area contributed by atoms with E-state index in [9.17, 15) is 5.11 Å². The summed E-state index contributed by atoms with van der Waals surface area (Å²) in [6.07, 6.45) is 1.59. The lowest BCUT2D eigenvalue weighted by Crippen LogP contribution is -2.07. The van der Waals surface area contributed by atoms with Crippen molar-refractivity contribution >= 4 is 34.4 Å². The number of ether oxygens (including phenoxy) is 2. The van der Waals surface area contributed by atoms with E-state index >= 15 is 0 Å². The Hall–Kier alpha value is -3.57. The van der Waals surface area contributed by atoms with Crippen LogP contribution in [0.3, 0.4) is 0 Å². The van der Waals surface area contributed by atoms with Gasteiger partial charge in [0.15, 0.2) is 16.7 Å². The molecule has 0 unspecified atom stereocenters. The number of benzene rings is 1. The maximum absolute atomic E-state index is 10.7. The van der Waals surface area contributed by atoms with Crippen LogP contribution in [0.4, 0.5) is 0 Å².